The van der Waals surface area contributed by atoms with Crippen LogP contribution in [-0.2, 0) is 19.0 Å². The predicted molar refractivity (Wildman–Crippen MR) is 84.3 cm³/mol. The Morgan fingerprint density at radius 3 is 2.71 bits per heavy atom. The molecule has 0 amide bonds. The van der Waals surface area contributed by atoms with E-state index in [0.29, 0.717) is 5.25 Å². The molecule has 0 bridgehead atoms. The summed E-state index contributed by atoms with van der Waals surface area (Å²) in [6.45, 7) is 8.63. The van der Waals surface area contributed by atoms with Gasteiger partial charge in [-0.25, -0.2) is 0 Å². The largest absolute Gasteiger partial charge is 0.460 e. The number of rotatable bonds is 4. The molecule has 0 aromatic carbocycles. The highest BCUT2D eigenvalue weighted by atomic mass is 32.2. The van der Waals surface area contributed by atoms with Crippen molar-refractivity contribution in [3.63, 3.8) is 0 Å². The number of carbonyl (C=O) groups excluding carboxylic acids is 1. The molecular weight excluding hydrogens is 288 g/mol. The number of hydrogen-bond donors (Lipinski definition) is 0. The van der Waals surface area contributed by atoms with E-state index in [2.05, 4.69) is 6.92 Å². The Balaban J connectivity index is 1.77. The molecule has 0 aliphatic carbocycles. The molecule has 2 saturated heterocycles. The maximum atomic E-state index is 12.1. The van der Waals surface area contributed by atoms with Gasteiger partial charge in [0.15, 0.2) is 6.29 Å². The van der Waals surface area contributed by atoms with Crippen LogP contribution in [0.25, 0.3) is 0 Å². The molecule has 0 N–H and O–H groups in total. The lowest BCUT2D eigenvalue weighted by molar-refractivity contribution is -0.184. The van der Waals surface area contributed by atoms with Crippen LogP contribution in [0.5, 0.6) is 0 Å². The van der Waals surface area contributed by atoms with E-state index in [4.69, 9.17) is 14.2 Å². The first-order valence-corrected chi connectivity index (χ1v) is 9.01. The highest BCUT2D eigenvalue weighted by molar-refractivity contribution is 8.00. The number of carbonyl (C=O) groups is 1. The number of esters is 1. The van der Waals surface area contributed by atoms with Crippen LogP contribution in [0.3, 0.4) is 0 Å². The molecule has 4 nitrogen and oxygen atoms in total. The van der Waals surface area contributed by atoms with Crippen molar-refractivity contribution in [2.24, 2.45) is 5.92 Å². The maximum Gasteiger partial charge on any atom is 0.310 e. The van der Waals surface area contributed by atoms with Crippen molar-refractivity contribution in [2.45, 2.75) is 76.6 Å². The van der Waals surface area contributed by atoms with Gasteiger partial charge in [0, 0.05) is 17.6 Å². The molecule has 122 valence electrons. The Morgan fingerprint density at radius 1 is 1.33 bits per heavy atom. The molecule has 0 radical (unpaired) electrons. The molecule has 2 aliphatic rings. The van der Waals surface area contributed by atoms with Gasteiger partial charge in [0.1, 0.15) is 5.60 Å². The minimum atomic E-state index is -0.405. The number of hydrogen-bond acceptors (Lipinski definition) is 5. The lowest BCUT2D eigenvalue weighted by atomic mass is 10.0. The van der Waals surface area contributed by atoms with Gasteiger partial charge in [-0.1, -0.05) is 0 Å². The second-order valence-corrected chi connectivity index (χ2v) is 8.25. The molecule has 2 rings (SSSR count). The zero-order valence-electron chi connectivity index (χ0n) is 13.6. The van der Waals surface area contributed by atoms with Crippen LogP contribution in [0.4, 0.5) is 0 Å². The van der Waals surface area contributed by atoms with Crippen molar-refractivity contribution < 1.29 is 19.0 Å². The fourth-order valence-corrected chi connectivity index (χ4v) is 4.13. The molecule has 0 aromatic heterocycles. The molecule has 21 heavy (non-hydrogen) atoms. The van der Waals surface area contributed by atoms with Gasteiger partial charge < -0.3 is 14.2 Å². The van der Waals surface area contributed by atoms with Crippen molar-refractivity contribution in [1.82, 2.24) is 0 Å². The molecule has 0 aromatic rings. The van der Waals surface area contributed by atoms with Gasteiger partial charge in [-0.3, -0.25) is 4.79 Å². The van der Waals surface area contributed by atoms with Gasteiger partial charge >= 0.3 is 5.97 Å². The molecule has 0 spiro atoms. The molecule has 5 heteroatoms. The smallest absolute Gasteiger partial charge is 0.310 e. The Labute approximate surface area is 132 Å². The summed E-state index contributed by atoms with van der Waals surface area (Å²) in [6.07, 6.45) is 4.19. The molecule has 4 atom stereocenters. The highest BCUT2D eigenvalue weighted by Gasteiger charge is 2.37. The minimum absolute atomic E-state index is 0.00227. The van der Waals surface area contributed by atoms with Crippen molar-refractivity contribution in [3.8, 4) is 0 Å². The van der Waals surface area contributed by atoms with Crippen molar-refractivity contribution in [2.75, 3.05) is 12.4 Å². The van der Waals surface area contributed by atoms with E-state index in [-0.39, 0.29) is 24.3 Å². The molecular formula is C16H28O4S. The summed E-state index contributed by atoms with van der Waals surface area (Å²) in [5.74, 6) is 0.759. The van der Waals surface area contributed by atoms with E-state index >= 15 is 0 Å². The van der Waals surface area contributed by atoms with Crippen molar-refractivity contribution in [3.05, 3.63) is 0 Å². The Kier molecular flexibility index (Phi) is 5.97. The van der Waals surface area contributed by atoms with Crippen molar-refractivity contribution >= 4 is 17.7 Å². The van der Waals surface area contributed by atoms with Crippen LogP contribution in [0.2, 0.25) is 0 Å². The molecule has 2 aliphatic heterocycles. The second kappa shape index (κ2) is 7.34. The lowest BCUT2D eigenvalue weighted by Gasteiger charge is -2.28. The Bertz CT molecular complexity index is 347. The normalized spacial score (nSPS) is 31.9. The Hall–Kier alpha value is -0.260. The van der Waals surface area contributed by atoms with E-state index in [1.807, 2.05) is 32.5 Å². The van der Waals surface area contributed by atoms with Crippen LogP contribution in [0.1, 0.15) is 53.4 Å². The van der Waals surface area contributed by atoms with Crippen LogP contribution >= 0.6 is 11.8 Å². The summed E-state index contributed by atoms with van der Waals surface area (Å²) in [7, 11) is 0. The summed E-state index contributed by atoms with van der Waals surface area (Å²) in [4.78, 5) is 12.1. The third-order valence-electron chi connectivity index (χ3n) is 3.80. The average molecular weight is 316 g/mol. The second-order valence-electron chi connectivity index (χ2n) is 6.98. The number of ether oxygens (including phenoxy) is 3. The van der Waals surface area contributed by atoms with Gasteiger partial charge in [0.05, 0.1) is 12.0 Å². The van der Waals surface area contributed by atoms with Gasteiger partial charge in [0.25, 0.3) is 0 Å². The third kappa shape index (κ3) is 5.46. The number of thioether (sulfide) groups is 1. The van der Waals surface area contributed by atoms with Gasteiger partial charge in [-0.2, -0.15) is 11.8 Å². The summed E-state index contributed by atoms with van der Waals surface area (Å²) in [5, 5.41) is 0.355. The topological polar surface area (TPSA) is 44.8 Å². The van der Waals surface area contributed by atoms with Gasteiger partial charge in [-0.15, -0.1) is 0 Å². The van der Waals surface area contributed by atoms with Gasteiger partial charge in [0.2, 0.25) is 0 Å². The van der Waals surface area contributed by atoms with E-state index in [1.54, 1.807) is 0 Å². The zero-order valence-corrected chi connectivity index (χ0v) is 14.4. The van der Waals surface area contributed by atoms with Gasteiger partial charge in [-0.05, 0) is 53.4 Å². The van der Waals surface area contributed by atoms with Crippen LogP contribution in [-0.4, -0.2) is 41.6 Å². The fraction of sp³-hybridized carbons (Fsp3) is 0.938. The first-order chi connectivity index (χ1) is 9.85. The quantitative estimate of drug-likeness (QED) is 0.744. The van der Waals surface area contributed by atoms with E-state index in [9.17, 15) is 4.79 Å². The third-order valence-corrected chi connectivity index (χ3v) is 5.40. The first-order valence-electron chi connectivity index (χ1n) is 7.96. The lowest BCUT2D eigenvalue weighted by Crippen LogP contribution is -2.32. The highest BCUT2D eigenvalue weighted by Crippen LogP contribution is 2.36. The molecule has 4 unspecified atom stereocenters. The van der Waals surface area contributed by atoms with Crippen LogP contribution in [0.15, 0.2) is 0 Å². The minimum Gasteiger partial charge on any atom is -0.460 e. The summed E-state index contributed by atoms with van der Waals surface area (Å²) >= 11 is 1.82. The van der Waals surface area contributed by atoms with Crippen molar-refractivity contribution in [1.29, 1.82) is 0 Å². The SMILES string of the molecule is CC(OC1CCCCO1)C1CC(C(=O)OC(C)(C)C)CS1. The fourth-order valence-electron chi connectivity index (χ4n) is 2.68. The monoisotopic (exact) mass is 316 g/mol. The predicted octanol–water partition coefficient (Wildman–Crippen LogP) is 3.38. The van der Waals surface area contributed by atoms with E-state index < -0.39 is 5.60 Å². The van der Waals surface area contributed by atoms with E-state index in [0.717, 1.165) is 31.6 Å². The van der Waals surface area contributed by atoms with Crippen LogP contribution < -0.4 is 0 Å². The summed E-state index contributed by atoms with van der Waals surface area (Å²) in [5.41, 5.74) is -0.405. The zero-order chi connectivity index (χ0) is 15.5. The summed E-state index contributed by atoms with van der Waals surface area (Å²) in [6, 6.07) is 0. The summed E-state index contributed by atoms with van der Waals surface area (Å²) < 4.78 is 17.1. The molecule has 0 saturated carbocycles. The Morgan fingerprint density at radius 2 is 2.10 bits per heavy atom. The maximum absolute atomic E-state index is 12.1. The standard InChI is InChI=1S/C16H28O4S/c1-11(19-14-7-5-6-8-18-14)13-9-12(10-21-13)15(17)20-16(2,3)4/h11-14H,5-10H2,1-4H3. The molecule has 2 heterocycles. The van der Waals surface area contributed by atoms with E-state index in [1.165, 1.54) is 6.42 Å². The average Bonchev–Trinajstić information content (AvgIpc) is 2.87. The molecule has 2 fully saturated rings. The first kappa shape index (κ1) is 17.1. The van der Waals surface area contributed by atoms with Crippen LogP contribution in [0, 0.1) is 5.92 Å².